The van der Waals surface area contributed by atoms with Crippen molar-refractivity contribution in [2.24, 2.45) is 0 Å². The number of phenolic OH excluding ortho intramolecular Hbond substituents is 2. The van der Waals surface area contributed by atoms with E-state index in [2.05, 4.69) is 14.7 Å². The fourth-order valence-corrected chi connectivity index (χ4v) is 1.01. The number of nitrogens with zero attached hydrogens (tertiary/aromatic N) is 2. The van der Waals surface area contributed by atoms with E-state index in [4.69, 9.17) is 10.8 Å². The van der Waals surface area contributed by atoms with Crippen molar-refractivity contribution in [1.82, 2.24) is 10.1 Å². The summed E-state index contributed by atoms with van der Waals surface area (Å²) in [4.78, 5) is 3.76. The molecule has 1 aromatic carbocycles. The SMILES string of the molecule is Nc1nc(-c2ccc(O)c(O)c2)no1. The maximum Gasteiger partial charge on any atom is 0.319 e. The number of aromatic nitrogens is 2. The van der Waals surface area contributed by atoms with Crippen LogP contribution in [0, 0.1) is 0 Å². The summed E-state index contributed by atoms with van der Waals surface area (Å²) in [6, 6.07) is 4.14. The van der Waals surface area contributed by atoms with Crippen LogP contribution in [0.5, 0.6) is 11.5 Å². The highest BCUT2D eigenvalue weighted by molar-refractivity contribution is 5.60. The van der Waals surface area contributed by atoms with Crippen LogP contribution >= 0.6 is 0 Å². The van der Waals surface area contributed by atoms with Crippen LogP contribution in [-0.2, 0) is 0 Å². The fourth-order valence-electron chi connectivity index (χ4n) is 1.01. The molecule has 1 aromatic heterocycles. The number of benzene rings is 1. The highest BCUT2D eigenvalue weighted by atomic mass is 16.5. The monoisotopic (exact) mass is 193 g/mol. The molecule has 0 aliphatic rings. The average Bonchev–Trinajstić information content (AvgIpc) is 2.57. The third-order valence-electron chi connectivity index (χ3n) is 1.68. The van der Waals surface area contributed by atoms with Crippen LogP contribution in [0.25, 0.3) is 11.4 Å². The first-order valence-electron chi connectivity index (χ1n) is 3.78. The molecule has 0 saturated carbocycles. The second-order valence-electron chi connectivity index (χ2n) is 2.66. The van der Waals surface area contributed by atoms with Gasteiger partial charge in [-0.3, -0.25) is 0 Å². The molecule has 0 aliphatic carbocycles. The molecule has 0 spiro atoms. The number of rotatable bonds is 1. The van der Waals surface area contributed by atoms with Crippen molar-refractivity contribution in [3.05, 3.63) is 18.2 Å². The molecular weight excluding hydrogens is 186 g/mol. The Bertz CT molecular complexity index is 467. The number of phenols is 2. The lowest BCUT2D eigenvalue weighted by molar-refractivity contribution is 0.404. The van der Waals surface area contributed by atoms with E-state index in [1.54, 1.807) is 6.07 Å². The van der Waals surface area contributed by atoms with Crippen molar-refractivity contribution in [2.75, 3.05) is 5.73 Å². The standard InChI is InChI=1S/C8H7N3O3/c9-8-10-7(11-14-8)4-1-2-5(12)6(13)3-4/h1-3,12-13H,(H2,9,10,11). The smallest absolute Gasteiger partial charge is 0.319 e. The zero-order chi connectivity index (χ0) is 10.1. The van der Waals surface area contributed by atoms with Crippen LogP contribution in [0.2, 0.25) is 0 Å². The molecule has 0 unspecified atom stereocenters. The minimum Gasteiger partial charge on any atom is -0.504 e. The average molecular weight is 193 g/mol. The topological polar surface area (TPSA) is 105 Å². The van der Waals surface area contributed by atoms with E-state index < -0.39 is 0 Å². The third-order valence-corrected chi connectivity index (χ3v) is 1.68. The van der Waals surface area contributed by atoms with Crippen LogP contribution in [0.4, 0.5) is 6.01 Å². The zero-order valence-corrected chi connectivity index (χ0v) is 7.01. The summed E-state index contributed by atoms with van der Waals surface area (Å²) >= 11 is 0. The molecule has 72 valence electrons. The predicted molar refractivity (Wildman–Crippen MR) is 47.5 cm³/mol. The van der Waals surface area contributed by atoms with Crippen LogP contribution in [0.1, 0.15) is 0 Å². The number of anilines is 1. The van der Waals surface area contributed by atoms with Crippen molar-refractivity contribution in [3.8, 4) is 22.9 Å². The highest BCUT2D eigenvalue weighted by Crippen LogP contribution is 2.29. The number of nitrogens with two attached hydrogens (primary N) is 1. The van der Waals surface area contributed by atoms with E-state index in [-0.39, 0.29) is 23.3 Å². The van der Waals surface area contributed by atoms with Crippen molar-refractivity contribution >= 4 is 6.01 Å². The molecule has 6 heteroatoms. The van der Waals surface area contributed by atoms with E-state index in [1.807, 2.05) is 0 Å². The van der Waals surface area contributed by atoms with Crippen molar-refractivity contribution in [1.29, 1.82) is 0 Å². The summed E-state index contributed by atoms with van der Waals surface area (Å²) < 4.78 is 4.56. The Morgan fingerprint density at radius 3 is 2.57 bits per heavy atom. The molecule has 0 radical (unpaired) electrons. The zero-order valence-electron chi connectivity index (χ0n) is 7.01. The van der Waals surface area contributed by atoms with E-state index in [1.165, 1.54) is 12.1 Å². The van der Waals surface area contributed by atoms with Gasteiger partial charge in [0.05, 0.1) is 0 Å². The first-order chi connectivity index (χ1) is 6.66. The maximum atomic E-state index is 9.20. The lowest BCUT2D eigenvalue weighted by Crippen LogP contribution is -1.84. The first-order valence-corrected chi connectivity index (χ1v) is 3.78. The molecule has 2 aromatic rings. The Balaban J connectivity index is 2.47. The number of hydrogen-bond acceptors (Lipinski definition) is 6. The van der Waals surface area contributed by atoms with E-state index in [0.29, 0.717) is 5.56 Å². The molecule has 4 N–H and O–H groups in total. The Kier molecular flexibility index (Phi) is 1.74. The minimum absolute atomic E-state index is 0.0486. The van der Waals surface area contributed by atoms with Gasteiger partial charge in [0.1, 0.15) is 0 Å². The van der Waals surface area contributed by atoms with Crippen molar-refractivity contribution in [2.45, 2.75) is 0 Å². The lowest BCUT2D eigenvalue weighted by atomic mass is 10.2. The first kappa shape index (κ1) is 8.36. The summed E-state index contributed by atoms with van der Waals surface area (Å²) in [5.74, 6) is -0.186. The molecular formula is C8H7N3O3. The van der Waals surface area contributed by atoms with Gasteiger partial charge in [-0.15, -0.1) is 0 Å². The third kappa shape index (κ3) is 1.33. The molecule has 0 bridgehead atoms. The van der Waals surface area contributed by atoms with Gasteiger partial charge in [0.15, 0.2) is 11.5 Å². The molecule has 0 amide bonds. The largest absolute Gasteiger partial charge is 0.504 e. The van der Waals surface area contributed by atoms with Gasteiger partial charge in [0, 0.05) is 5.56 Å². The molecule has 14 heavy (non-hydrogen) atoms. The summed E-state index contributed by atoms with van der Waals surface area (Å²) in [6.07, 6.45) is 0. The van der Waals surface area contributed by atoms with Crippen molar-refractivity contribution < 1.29 is 14.7 Å². The van der Waals surface area contributed by atoms with Gasteiger partial charge in [-0.05, 0) is 18.2 Å². The van der Waals surface area contributed by atoms with Crippen LogP contribution < -0.4 is 5.73 Å². The van der Waals surface area contributed by atoms with E-state index in [0.717, 1.165) is 0 Å². The highest BCUT2D eigenvalue weighted by Gasteiger charge is 2.08. The molecule has 2 rings (SSSR count). The lowest BCUT2D eigenvalue weighted by Gasteiger charge is -1.98. The second kappa shape index (κ2) is 2.91. The Morgan fingerprint density at radius 1 is 1.21 bits per heavy atom. The number of aromatic hydroxyl groups is 2. The van der Waals surface area contributed by atoms with E-state index >= 15 is 0 Å². The minimum atomic E-state index is -0.245. The van der Waals surface area contributed by atoms with Gasteiger partial charge in [-0.2, -0.15) is 4.98 Å². The molecule has 0 saturated heterocycles. The summed E-state index contributed by atoms with van der Waals surface area (Å²) in [5, 5.41) is 21.8. The Labute approximate surface area is 78.6 Å². The van der Waals surface area contributed by atoms with Gasteiger partial charge >= 0.3 is 6.01 Å². The van der Waals surface area contributed by atoms with Crippen molar-refractivity contribution in [3.63, 3.8) is 0 Å². The Hall–Kier alpha value is -2.24. The molecule has 6 nitrogen and oxygen atoms in total. The number of nitrogen functional groups attached to an aromatic ring is 1. The summed E-state index contributed by atoms with van der Waals surface area (Å²) in [7, 11) is 0. The quantitative estimate of drug-likeness (QED) is 0.576. The normalized spacial score (nSPS) is 10.3. The van der Waals surface area contributed by atoms with Gasteiger partial charge < -0.3 is 20.5 Å². The van der Waals surface area contributed by atoms with Gasteiger partial charge in [0.25, 0.3) is 0 Å². The van der Waals surface area contributed by atoms with Crippen LogP contribution in [0.3, 0.4) is 0 Å². The number of hydrogen-bond donors (Lipinski definition) is 3. The van der Waals surface area contributed by atoms with Gasteiger partial charge in [0.2, 0.25) is 5.82 Å². The van der Waals surface area contributed by atoms with Crippen LogP contribution in [-0.4, -0.2) is 20.4 Å². The van der Waals surface area contributed by atoms with Crippen LogP contribution in [0.15, 0.2) is 22.7 Å². The predicted octanol–water partition coefficient (Wildman–Crippen LogP) is 0.730. The maximum absolute atomic E-state index is 9.20. The fraction of sp³-hybridized carbons (Fsp3) is 0. The molecule has 0 fully saturated rings. The summed E-state index contributed by atoms with van der Waals surface area (Å²) in [5.41, 5.74) is 5.75. The molecule has 0 atom stereocenters. The molecule has 0 aliphatic heterocycles. The van der Waals surface area contributed by atoms with Gasteiger partial charge in [-0.25, -0.2) is 0 Å². The summed E-state index contributed by atoms with van der Waals surface area (Å²) in [6.45, 7) is 0. The van der Waals surface area contributed by atoms with Gasteiger partial charge in [-0.1, -0.05) is 5.16 Å². The Morgan fingerprint density at radius 2 is 2.00 bits per heavy atom. The van der Waals surface area contributed by atoms with E-state index in [9.17, 15) is 5.11 Å². The molecule has 1 heterocycles. The second-order valence-corrected chi connectivity index (χ2v) is 2.66.